The Balaban J connectivity index is 1.61. The summed E-state index contributed by atoms with van der Waals surface area (Å²) in [5.74, 6) is -1.41. The molecule has 1 aliphatic rings. The molecule has 0 unspecified atom stereocenters. The maximum Gasteiger partial charge on any atom is 0.416 e. The summed E-state index contributed by atoms with van der Waals surface area (Å²) in [5.41, 5.74) is 0.635. The molecule has 1 fully saturated rings. The Morgan fingerprint density at radius 1 is 1.00 bits per heavy atom. The van der Waals surface area contributed by atoms with E-state index in [2.05, 4.69) is 0 Å². The summed E-state index contributed by atoms with van der Waals surface area (Å²) in [6.45, 7) is 0.419. The van der Waals surface area contributed by atoms with Gasteiger partial charge in [-0.3, -0.25) is 0 Å². The number of carbonyl (C=O) groups excluding carboxylic acids is 1. The van der Waals surface area contributed by atoms with Gasteiger partial charge in [0, 0.05) is 12.5 Å². The molecule has 0 spiro atoms. The van der Waals surface area contributed by atoms with Crippen LogP contribution in [0.1, 0.15) is 41.0 Å². The molecule has 35 heavy (non-hydrogen) atoms. The molecule has 0 aromatic heterocycles. The molecule has 3 aromatic carbocycles. The molecule has 4 nitrogen and oxygen atoms in total. The zero-order valence-electron chi connectivity index (χ0n) is 18.8. The first-order valence-electron chi connectivity index (χ1n) is 11.3. The third kappa shape index (κ3) is 5.82. The fourth-order valence-corrected chi connectivity index (χ4v) is 4.56. The highest BCUT2D eigenvalue weighted by molar-refractivity contribution is 5.68. The first-order valence-corrected chi connectivity index (χ1v) is 11.3. The van der Waals surface area contributed by atoms with Crippen LogP contribution in [0.2, 0.25) is 0 Å². The predicted octanol–water partition coefficient (Wildman–Crippen LogP) is 6.14. The highest BCUT2D eigenvalue weighted by Gasteiger charge is 2.40. The molecule has 1 heterocycles. The lowest BCUT2D eigenvalue weighted by molar-refractivity contribution is -0.137. The topological polar surface area (TPSA) is 49.8 Å². The van der Waals surface area contributed by atoms with E-state index in [4.69, 9.17) is 4.74 Å². The van der Waals surface area contributed by atoms with Crippen molar-refractivity contribution in [2.75, 3.05) is 6.54 Å². The van der Waals surface area contributed by atoms with Crippen LogP contribution in [0.5, 0.6) is 0 Å². The minimum atomic E-state index is -4.56. The molecule has 1 saturated heterocycles. The van der Waals surface area contributed by atoms with Crippen molar-refractivity contribution < 1.29 is 32.2 Å². The standard InChI is InChI=1S/C27H25F4NO3/c28-22-13-11-19(12-14-22)24(20-8-4-9-21(16-20)27(29,30)31)25(33)23-10-5-15-32(23)26(34)35-17-18-6-2-1-3-7-18/h1-4,6-9,11-14,16,23-25,33H,5,10,15,17H2/t23-,24-,25-/m1/s1. The third-order valence-corrected chi connectivity index (χ3v) is 6.28. The van der Waals surface area contributed by atoms with Crippen molar-refractivity contribution >= 4 is 6.09 Å². The first kappa shape index (κ1) is 24.7. The van der Waals surface area contributed by atoms with Crippen LogP contribution < -0.4 is 0 Å². The summed E-state index contributed by atoms with van der Waals surface area (Å²) in [5, 5.41) is 11.5. The van der Waals surface area contributed by atoms with Gasteiger partial charge in [-0.15, -0.1) is 0 Å². The summed E-state index contributed by atoms with van der Waals surface area (Å²) in [4.78, 5) is 14.3. The minimum Gasteiger partial charge on any atom is -0.445 e. The number of benzene rings is 3. The third-order valence-electron chi connectivity index (χ3n) is 6.28. The largest absolute Gasteiger partial charge is 0.445 e. The smallest absolute Gasteiger partial charge is 0.416 e. The SMILES string of the molecule is O=C(OCc1ccccc1)N1CCC[C@@H]1[C@@H](O)[C@H](c1ccc(F)cc1)c1cccc(C(F)(F)F)c1. The molecular weight excluding hydrogens is 462 g/mol. The van der Waals surface area contributed by atoms with Crippen molar-refractivity contribution in [3.63, 3.8) is 0 Å². The Morgan fingerprint density at radius 2 is 1.71 bits per heavy atom. The van der Waals surface area contributed by atoms with Crippen LogP contribution in [0.4, 0.5) is 22.4 Å². The monoisotopic (exact) mass is 487 g/mol. The fourth-order valence-electron chi connectivity index (χ4n) is 4.56. The molecule has 1 amide bonds. The lowest BCUT2D eigenvalue weighted by atomic mass is 9.82. The number of hydrogen-bond donors (Lipinski definition) is 1. The van der Waals surface area contributed by atoms with Gasteiger partial charge >= 0.3 is 12.3 Å². The van der Waals surface area contributed by atoms with Gasteiger partial charge in [0.05, 0.1) is 17.7 Å². The van der Waals surface area contributed by atoms with Gasteiger partial charge in [0.2, 0.25) is 0 Å². The number of alkyl halides is 3. The maximum absolute atomic E-state index is 13.6. The molecule has 0 saturated carbocycles. The van der Waals surface area contributed by atoms with E-state index in [0.29, 0.717) is 24.9 Å². The average Bonchev–Trinajstić information content (AvgIpc) is 3.34. The maximum atomic E-state index is 13.6. The number of carbonyl (C=O) groups is 1. The van der Waals surface area contributed by atoms with E-state index in [1.165, 1.54) is 41.3 Å². The van der Waals surface area contributed by atoms with Gasteiger partial charge < -0.3 is 14.7 Å². The summed E-state index contributed by atoms with van der Waals surface area (Å²) in [6.07, 6.45) is -5.33. The number of rotatable bonds is 6. The highest BCUT2D eigenvalue weighted by atomic mass is 19.4. The summed E-state index contributed by atoms with van der Waals surface area (Å²) >= 11 is 0. The van der Waals surface area contributed by atoms with Crippen molar-refractivity contribution in [1.29, 1.82) is 0 Å². The average molecular weight is 487 g/mol. The second-order valence-corrected chi connectivity index (χ2v) is 8.59. The van der Waals surface area contributed by atoms with Crippen molar-refractivity contribution in [3.05, 3.63) is 107 Å². The van der Waals surface area contributed by atoms with Crippen LogP contribution in [0.3, 0.4) is 0 Å². The lowest BCUT2D eigenvalue weighted by Gasteiger charge is -2.33. The number of aliphatic hydroxyl groups is 1. The second-order valence-electron chi connectivity index (χ2n) is 8.59. The second kappa shape index (κ2) is 10.5. The van der Waals surface area contributed by atoms with Gasteiger partial charge in [-0.1, -0.05) is 60.7 Å². The quantitative estimate of drug-likeness (QED) is 0.425. The molecule has 3 atom stereocenters. The predicted molar refractivity (Wildman–Crippen MR) is 122 cm³/mol. The van der Waals surface area contributed by atoms with Crippen LogP contribution in [-0.2, 0) is 17.5 Å². The van der Waals surface area contributed by atoms with E-state index in [1.54, 1.807) is 0 Å². The Bertz CT molecular complexity index is 1140. The van der Waals surface area contributed by atoms with Crippen LogP contribution in [0, 0.1) is 5.82 Å². The zero-order chi connectivity index (χ0) is 25.0. The van der Waals surface area contributed by atoms with Gasteiger partial charge in [-0.25, -0.2) is 9.18 Å². The highest BCUT2D eigenvalue weighted by Crippen LogP contribution is 2.37. The molecule has 8 heteroatoms. The number of likely N-dealkylation sites (tertiary alicyclic amines) is 1. The molecule has 1 N–H and O–H groups in total. The fraction of sp³-hybridized carbons (Fsp3) is 0.296. The van der Waals surface area contributed by atoms with Gasteiger partial charge in [0.15, 0.2) is 0 Å². The van der Waals surface area contributed by atoms with Crippen LogP contribution in [-0.4, -0.2) is 34.8 Å². The van der Waals surface area contributed by atoms with E-state index in [9.17, 15) is 27.5 Å². The van der Waals surface area contributed by atoms with Crippen molar-refractivity contribution in [2.24, 2.45) is 0 Å². The van der Waals surface area contributed by atoms with Crippen molar-refractivity contribution in [1.82, 2.24) is 4.90 Å². The zero-order valence-corrected chi connectivity index (χ0v) is 18.8. The summed E-state index contributed by atoms with van der Waals surface area (Å²) in [7, 11) is 0. The van der Waals surface area contributed by atoms with E-state index in [0.717, 1.165) is 17.7 Å². The minimum absolute atomic E-state index is 0.0635. The summed E-state index contributed by atoms with van der Waals surface area (Å²) < 4.78 is 59.2. The number of ether oxygens (including phenoxy) is 1. The number of nitrogens with zero attached hydrogens (tertiary/aromatic N) is 1. The molecule has 0 radical (unpaired) electrons. The number of halogens is 4. The van der Waals surface area contributed by atoms with Crippen LogP contribution >= 0.6 is 0 Å². The molecule has 4 rings (SSSR count). The van der Waals surface area contributed by atoms with E-state index >= 15 is 0 Å². The molecule has 3 aromatic rings. The molecular formula is C27H25F4NO3. The van der Waals surface area contributed by atoms with E-state index < -0.39 is 41.7 Å². The van der Waals surface area contributed by atoms with Crippen LogP contribution in [0.25, 0.3) is 0 Å². The van der Waals surface area contributed by atoms with Gasteiger partial charge in [-0.2, -0.15) is 13.2 Å². The van der Waals surface area contributed by atoms with Crippen LogP contribution in [0.15, 0.2) is 78.9 Å². The number of hydrogen-bond acceptors (Lipinski definition) is 3. The lowest BCUT2D eigenvalue weighted by Crippen LogP contribution is -2.45. The molecule has 0 bridgehead atoms. The van der Waals surface area contributed by atoms with Gasteiger partial charge in [0.1, 0.15) is 12.4 Å². The molecule has 1 aliphatic heterocycles. The van der Waals surface area contributed by atoms with E-state index in [-0.39, 0.29) is 12.2 Å². The van der Waals surface area contributed by atoms with Crippen molar-refractivity contribution in [3.8, 4) is 0 Å². The Kier molecular flexibility index (Phi) is 7.40. The first-order chi connectivity index (χ1) is 16.7. The van der Waals surface area contributed by atoms with Crippen molar-refractivity contribution in [2.45, 2.75) is 43.7 Å². The Hall–Kier alpha value is -3.39. The van der Waals surface area contributed by atoms with Gasteiger partial charge in [-0.05, 0) is 47.7 Å². The number of amides is 1. The normalized spacial score (nSPS) is 17.7. The Morgan fingerprint density at radius 3 is 2.40 bits per heavy atom. The Labute approximate surface area is 200 Å². The number of aliphatic hydroxyl groups excluding tert-OH is 1. The summed E-state index contributed by atoms with van der Waals surface area (Å²) in [6, 6.07) is 18.5. The van der Waals surface area contributed by atoms with E-state index in [1.807, 2.05) is 30.3 Å². The molecule has 0 aliphatic carbocycles. The molecule has 184 valence electrons. The van der Waals surface area contributed by atoms with Gasteiger partial charge in [0.25, 0.3) is 0 Å².